The molecule has 0 radical (unpaired) electrons. The number of rotatable bonds is 8. The maximum absolute atomic E-state index is 11.9. The molecule has 5 nitrogen and oxygen atoms in total. The van der Waals surface area contributed by atoms with E-state index in [-0.39, 0.29) is 12.5 Å². The summed E-state index contributed by atoms with van der Waals surface area (Å²) in [4.78, 5) is 11.9. The van der Waals surface area contributed by atoms with Gasteiger partial charge in [-0.25, -0.2) is 0 Å². The van der Waals surface area contributed by atoms with Gasteiger partial charge in [0.25, 0.3) is 0 Å². The van der Waals surface area contributed by atoms with Crippen LogP contribution in [0.4, 0.5) is 5.69 Å². The predicted octanol–water partition coefficient (Wildman–Crippen LogP) is 2.47. The highest BCUT2D eigenvalue weighted by Gasteiger charge is 2.07. The Morgan fingerprint density at radius 2 is 1.74 bits per heavy atom. The highest BCUT2D eigenvalue weighted by Crippen LogP contribution is 2.29. The van der Waals surface area contributed by atoms with Crippen LogP contribution in [0.1, 0.15) is 5.56 Å². The third-order valence-corrected chi connectivity index (χ3v) is 3.39. The Labute approximate surface area is 136 Å². The summed E-state index contributed by atoms with van der Waals surface area (Å²) in [6, 6.07) is 15.4. The molecule has 0 heterocycles. The number of anilines is 1. The van der Waals surface area contributed by atoms with E-state index in [9.17, 15) is 4.79 Å². The molecular weight excluding hydrogens is 292 g/mol. The molecule has 0 saturated heterocycles. The lowest BCUT2D eigenvalue weighted by molar-refractivity contribution is -0.115. The Morgan fingerprint density at radius 1 is 1.00 bits per heavy atom. The molecular formula is C18H22N2O3. The van der Waals surface area contributed by atoms with Crippen LogP contribution in [0.2, 0.25) is 0 Å². The molecule has 122 valence electrons. The van der Waals surface area contributed by atoms with Crippen molar-refractivity contribution in [3.8, 4) is 11.5 Å². The summed E-state index contributed by atoms with van der Waals surface area (Å²) in [5.74, 6) is 1.12. The third kappa shape index (κ3) is 5.30. The Balaban J connectivity index is 1.76. The smallest absolute Gasteiger partial charge is 0.238 e. The van der Waals surface area contributed by atoms with Crippen molar-refractivity contribution in [3.05, 3.63) is 54.1 Å². The van der Waals surface area contributed by atoms with Crippen molar-refractivity contribution in [2.75, 3.05) is 32.6 Å². The molecule has 0 unspecified atom stereocenters. The maximum Gasteiger partial charge on any atom is 0.238 e. The third-order valence-electron chi connectivity index (χ3n) is 3.39. The number of benzene rings is 2. The zero-order valence-corrected chi connectivity index (χ0v) is 13.5. The minimum atomic E-state index is -0.0923. The molecule has 0 bridgehead atoms. The first-order valence-electron chi connectivity index (χ1n) is 7.49. The van der Waals surface area contributed by atoms with Crippen LogP contribution in [0.25, 0.3) is 0 Å². The van der Waals surface area contributed by atoms with Crippen LogP contribution in [-0.4, -0.2) is 33.2 Å². The second kappa shape index (κ2) is 8.80. The average molecular weight is 314 g/mol. The fraction of sp³-hybridized carbons (Fsp3) is 0.278. The van der Waals surface area contributed by atoms with Gasteiger partial charge >= 0.3 is 0 Å². The molecule has 0 aromatic heterocycles. The van der Waals surface area contributed by atoms with Gasteiger partial charge in [0.15, 0.2) is 11.5 Å². The van der Waals surface area contributed by atoms with Gasteiger partial charge in [-0.3, -0.25) is 4.79 Å². The first-order valence-corrected chi connectivity index (χ1v) is 7.49. The van der Waals surface area contributed by atoms with E-state index in [0.29, 0.717) is 17.2 Å². The van der Waals surface area contributed by atoms with E-state index in [1.807, 2.05) is 18.2 Å². The molecule has 0 fully saturated rings. The lowest BCUT2D eigenvalue weighted by Crippen LogP contribution is -2.29. The van der Waals surface area contributed by atoms with Crippen molar-refractivity contribution in [1.82, 2.24) is 5.32 Å². The van der Waals surface area contributed by atoms with Gasteiger partial charge in [0.2, 0.25) is 5.91 Å². The number of amides is 1. The van der Waals surface area contributed by atoms with E-state index in [1.165, 1.54) is 5.56 Å². The van der Waals surface area contributed by atoms with Gasteiger partial charge in [-0.05, 0) is 30.7 Å². The summed E-state index contributed by atoms with van der Waals surface area (Å²) in [6.45, 7) is 1.02. The fourth-order valence-electron chi connectivity index (χ4n) is 2.20. The molecule has 23 heavy (non-hydrogen) atoms. The van der Waals surface area contributed by atoms with Crippen molar-refractivity contribution in [1.29, 1.82) is 0 Å². The molecule has 0 aliphatic carbocycles. The zero-order valence-electron chi connectivity index (χ0n) is 13.5. The lowest BCUT2D eigenvalue weighted by Gasteiger charge is -2.11. The van der Waals surface area contributed by atoms with Gasteiger partial charge in [0.1, 0.15) is 0 Å². The van der Waals surface area contributed by atoms with Crippen LogP contribution in [0, 0.1) is 0 Å². The zero-order chi connectivity index (χ0) is 16.5. The highest BCUT2D eigenvalue weighted by molar-refractivity contribution is 5.92. The normalized spacial score (nSPS) is 10.2. The Bertz CT molecular complexity index is 629. The van der Waals surface area contributed by atoms with Gasteiger partial charge < -0.3 is 20.1 Å². The number of hydrogen-bond acceptors (Lipinski definition) is 4. The number of methoxy groups -OCH3 is 2. The van der Waals surface area contributed by atoms with Crippen LogP contribution in [0.5, 0.6) is 11.5 Å². The Morgan fingerprint density at radius 3 is 2.43 bits per heavy atom. The van der Waals surface area contributed by atoms with Gasteiger partial charge in [0, 0.05) is 11.8 Å². The van der Waals surface area contributed by atoms with Crippen molar-refractivity contribution in [2.45, 2.75) is 6.42 Å². The average Bonchev–Trinajstić information content (AvgIpc) is 2.59. The minimum Gasteiger partial charge on any atom is -0.493 e. The number of carbonyl (C=O) groups excluding carboxylic acids is 1. The largest absolute Gasteiger partial charge is 0.493 e. The van der Waals surface area contributed by atoms with Crippen LogP contribution in [-0.2, 0) is 11.2 Å². The standard InChI is InChI=1S/C18H22N2O3/c1-22-16-9-8-15(12-17(16)23-2)20-18(21)13-19-11-10-14-6-4-3-5-7-14/h3-9,12,19H,10-11,13H2,1-2H3,(H,20,21). The molecule has 1 amide bonds. The van der Waals surface area contributed by atoms with Crippen molar-refractivity contribution in [3.63, 3.8) is 0 Å². The first-order chi connectivity index (χ1) is 11.2. The molecule has 2 aromatic rings. The van der Waals surface area contributed by atoms with Crippen LogP contribution >= 0.6 is 0 Å². The van der Waals surface area contributed by atoms with E-state index in [0.717, 1.165) is 13.0 Å². The van der Waals surface area contributed by atoms with Crippen molar-refractivity contribution in [2.24, 2.45) is 0 Å². The fourth-order valence-corrected chi connectivity index (χ4v) is 2.20. The minimum absolute atomic E-state index is 0.0923. The predicted molar refractivity (Wildman–Crippen MR) is 91.2 cm³/mol. The summed E-state index contributed by atoms with van der Waals surface area (Å²) in [7, 11) is 3.14. The lowest BCUT2D eigenvalue weighted by atomic mass is 10.1. The topological polar surface area (TPSA) is 59.6 Å². The Kier molecular flexibility index (Phi) is 6.44. The quantitative estimate of drug-likeness (QED) is 0.735. The van der Waals surface area contributed by atoms with E-state index >= 15 is 0 Å². The molecule has 0 aliphatic heterocycles. The summed E-state index contributed by atoms with van der Waals surface area (Å²) in [5, 5.41) is 5.97. The van der Waals surface area contributed by atoms with Crippen LogP contribution in [0.15, 0.2) is 48.5 Å². The molecule has 0 aliphatic rings. The highest BCUT2D eigenvalue weighted by atomic mass is 16.5. The van der Waals surface area contributed by atoms with Crippen molar-refractivity contribution < 1.29 is 14.3 Å². The van der Waals surface area contributed by atoms with E-state index in [1.54, 1.807) is 32.4 Å². The van der Waals surface area contributed by atoms with E-state index in [4.69, 9.17) is 9.47 Å². The summed E-state index contributed by atoms with van der Waals surface area (Å²) < 4.78 is 10.4. The summed E-state index contributed by atoms with van der Waals surface area (Å²) in [5.41, 5.74) is 1.93. The van der Waals surface area contributed by atoms with Crippen molar-refractivity contribution >= 4 is 11.6 Å². The monoisotopic (exact) mass is 314 g/mol. The van der Waals surface area contributed by atoms with Gasteiger partial charge in [-0.2, -0.15) is 0 Å². The van der Waals surface area contributed by atoms with Crippen LogP contribution in [0.3, 0.4) is 0 Å². The Hall–Kier alpha value is -2.53. The molecule has 5 heteroatoms. The second-order valence-electron chi connectivity index (χ2n) is 5.03. The molecule has 0 atom stereocenters. The molecule has 2 N–H and O–H groups in total. The van der Waals surface area contributed by atoms with Gasteiger partial charge in [-0.1, -0.05) is 30.3 Å². The van der Waals surface area contributed by atoms with E-state index < -0.39 is 0 Å². The van der Waals surface area contributed by atoms with E-state index in [2.05, 4.69) is 22.8 Å². The first kappa shape index (κ1) is 16.8. The number of carbonyl (C=O) groups is 1. The molecule has 2 aromatic carbocycles. The SMILES string of the molecule is COc1ccc(NC(=O)CNCCc2ccccc2)cc1OC. The van der Waals surface area contributed by atoms with Gasteiger partial charge in [-0.15, -0.1) is 0 Å². The number of ether oxygens (including phenoxy) is 2. The molecule has 2 rings (SSSR count). The number of hydrogen-bond donors (Lipinski definition) is 2. The molecule has 0 saturated carbocycles. The van der Waals surface area contributed by atoms with Crippen LogP contribution < -0.4 is 20.1 Å². The maximum atomic E-state index is 11.9. The summed E-state index contributed by atoms with van der Waals surface area (Å²) >= 11 is 0. The van der Waals surface area contributed by atoms with Gasteiger partial charge in [0.05, 0.1) is 20.8 Å². The second-order valence-corrected chi connectivity index (χ2v) is 5.03. The summed E-state index contributed by atoms with van der Waals surface area (Å²) in [6.07, 6.45) is 0.893. The number of nitrogens with one attached hydrogen (secondary N) is 2. The molecule has 0 spiro atoms.